The van der Waals surface area contributed by atoms with E-state index in [1.165, 1.54) is 32.1 Å². The van der Waals surface area contributed by atoms with Crippen molar-refractivity contribution in [3.8, 4) is 0 Å². The van der Waals surface area contributed by atoms with Gasteiger partial charge in [-0.3, -0.25) is 0 Å². The van der Waals surface area contributed by atoms with E-state index in [9.17, 15) is 0 Å². The minimum Gasteiger partial charge on any atom is -0.347 e. The molecule has 0 aromatic rings. The average molecular weight is 282 g/mol. The minimum atomic E-state index is -0.202. The zero-order chi connectivity index (χ0) is 13.5. The number of ether oxygens (including phenoxy) is 2. The van der Waals surface area contributed by atoms with Crippen LogP contribution in [0.2, 0.25) is 0 Å². The molecule has 2 nitrogen and oxygen atoms in total. The van der Waals surface area contributed by atoms with Gasteiger partial charge in [0.2, 0.25) is 0 Å². The summed E-state index contributed by atoms with van der Waals surface area (Å²) in [5.41, 5.74) is 1.37. The molecule has 2 aliphatic carbocycles. The Labute approximate surface area is 118 Å². The van der Waals surface area contributed by atoms with Crippen molar-refractivity contribution in [2.75, 3.05) is 13.2 Å². The van der Waals surface area contributed by atoms with Gasteiger partial charge in [-0.05, 0) is 29.1 Å². The first-order valence-electron chi connectivity index (χ1n) is 7.97. The summed E-state index contributed by atoms with van der Waals surface area (Å²) in [7, 11) is 0.0870. The van der Waals surface area contributed by atoms with Crippen molar-refractivity contribution >= 4 is 7.92 Å². The van der Waals surface area contributed by atoms with E-state index in [1.807, 2.05) is 0 Å². The summed E-state index contributed by atoms with van der Waals surface area (Å²) in [5, 5.41) is 1.11. The first-order chi connectivity index (χ1) is 8.89. The monoisotopic (exact) mass is 282 g/mol. The standard InChI is InChI=1S/C16H27O2P/c1-12(2)19-13(3)6-5-7-15(13)11-16(10-14(15,19)4)17-8-9-18-16/h12H,5-11H2,1-4H3. The van der Waals surface area contributed by atoms with Gasteiger partial charge in [0.05, 0.1) is 13.2 Å². The Hall–Kier alpha value is 0.350. The van der Waals surface area contributed by atoms with Crippen molar-refractivity contribution in [1.82, 2.24) is 0 Å². The lowest BCUT2D eigenvalue weighted by atomic mass is 9.68. The molecule has 4 atom stereocenters. The van der Waals surface area contributed by atoms with Crippen LogP contribution in [0, 0.1) is 5.41 Å². The molecular formula is C16H27O2P. The fourth-order valence-electron chi connectivity index (χ4n) is 6.78. The molecule has 2 heterocycles. The normalized spacial score (nSPS) is 54.5. The summed E-state index contributed by atoms with van der Waals surface area (Å²) in [5.74, 6) is -0.202. The van der Waals surface area contributed by atoms with Crippen LogP contribution in [0.5, 0.6) is 0 Å². The summed E-state index contributed by atoms with van der Waals surface area (Å²) >= 11 is 0. The maximum Gasteiger partial charge on any atom is 0.169 e. The molecular weight excluding hydrogens is 255 g/mol. The third-order valence-electron chi connectivity index (χ3n) is 6.91. The van der Waals surface area contributed by atoms with Gasteiger partial charge in [0.15, 0.2) is 5.79 Å². The van der Waals surface area contributed by atoms with E-state index in [2.05, 4.69) is 27.7 Å². The summed E-state index contributed by atoms with van der Waals surface area (Å²) in [6.45, 7) is 11.7. The molecule has 19 heavy (non-hydrogen) atoms. The predicted molar refractivity (Wildman–Crippen MR) is 79.0 cm³/mol. The minimum absolute atomic E-state index is 0.0870. The van der Waals surface area contributed by atoms with Gasteiger partial charge in [0, 0.05) is 18.0 Å². The Kier molecular flexibility index (Phi) is 2.45. The molecule has 0 bridgehead atoms. The predicted octanol–water partition coefficient (Wildman–Crippen LogP) is 4.11. The molecule has 2 spiro atoms. The average Bonchev–Trinajstić information content (AvgIpc) is 2.90. The Morgan fingerprint density at radius 1 is 0.947 bits per heavy atom. The second-order valence-electron chi connectivity index (χ2n) is 7.91. The van der Waals surface area contributed by atoms with Gasteiger partial charge < -0.3 is 9.47 Å². The highest BCUT2D eigenvalue weighted by Gasteiger charge is 2.82. The topological polar surface area (TPSA) is 18.5 Å². The highest BCUT2D eigenvalue weighted by atomic mass is 31.1. The lowest BCUT2D eigenvalue weighted by Crippen LogP contribution is -2.64. The molecule has 4 unspecified atom stereocenters. The summed E-state index contributed by atoms with van der Waals surface area (Å²) in [4.78, 5) is 0. The van der Waals surface area contributed by atoms with Crippen LogP contribution in [0.25, 0.3) is 0 Å². The first kappa shape index (κ1) is 13.0. The second kappa shape index (κ2) is 3.57. The van der Waals surface area contributed by atoms with Crippen LogP contribution in [0.3, 0.4) is 0 Å². The van der Waals surface area contributed by atoms with Crippen LogP contribution in [0.15, 0.2) is 0 Å². The summed E-state index contributed by atoms with van der Waals surface area (Å²) < 4.78 is 12.2. The number of hydrogen-bond acceptors (Lipinski definition) is 2. The Balaban J connectivity index is 1.79. The highest BCUT2D eigenvalue weighted by molar-refractivity contribution is 7.63. The van der Waals surface area contributed by atoms with E-state index in [-0.39, 0.29) is 13.7 Å². The van der Waals surface area contributed by atoms with Crippen LogP contribution in [-0.4, -0.2) is 35.0 Å². The number of hydrogen-bond donors (Lipinski definition) is 0. The summed E-state index contributed by atoms with van der Waals surface area (Å²) in [6, 6.07) is 0. The molecule has 0 N–H and O–H groups in total. The fourth-order valence-corrected chi connectivity index (χ4v) is 12.6. The van der Waals surface area contributed by atoms with E-state index in [4.69, 9.17) is 9.47 Å². The van der Waals surface area contributed by atoms with Gasteiger partial charge in [0.1, 0.15) is 0 Å². The smallest absolute Gasteiger partial charge is 0.169 e. The van der Waals surface area contributed by atoms with Gasteiger partial charge in [-0.1, -0.05) is 42.0 Å². The molecule has 2 saturated carbocycles. The highest BCUT2D eigenvalue weighted by Crippen LogP contribution is 2.93. The Morgan fingerprint density at radius 2 is 1.63 bits per heavy atom. The zero-order valence-electron chi connectivity index (χ0n) is 12.8. The van der Waals surface area contributed by atoms with Crippen LogP contribution >= 0.6 is 7.92 Å². The Bertz CT molecular complexity index is 417. The summed E-state index contributed by atoms with van der Waals surface area (Å²) in [6.07, 6.45) is 6.63. The van der Waals surface area contributed by atoms with Gasteiger partial charge in [-0.25, -0.2) is 0 Å². The fraction of sp³-hybridized carbons (Fsp3) is 1.00. The molecule has 4 rings (SSSR count). The quantitative estimate of drug-likeness (QED) is 0.674. The van der Waals surface area contributed by atoms with Crippen molar-refractivity contribution < 1.29 is 9.47 Å². The molecule has 4 aliphatic rings. The first-order valence-corrected chi connectivity index (χ1v) is 9.38. The van der Waals surface area contributed by atoms with Crippen molar-refractivity contribution in [3.05, 3.63) is 0 Å². The van der Waals surface area contributed by atoms with Crippen molar-refractivity contribution in [2.45, 2.75) is 81.6 Å². The van der Waals surface area contributed by atoms with Crippen molar-refractivity contribution in [3.63, 3.8) is 0 Å². The molecule has 0 radical (unpaired) electrons. The number of rotatable bonds is 1. The second-order valence-corrected chi connectivity index (χ2v) is 11.7. The molecule has 0 amide bonds. The lowest BCUT2D eigenvalue weighted by molar-refractivity contribution is -0.157. The van der Waals surface area contributed by atoms with Crippen molar-refractivity contribution in [1.29, 1.82) is 0 Å². The lowest BCUT2D eigenvalue weighted by Gasteiger charge is -2.71. The van der Waals surface area contributed by atoms with Crippen molar-refractivity contribution in [2.24, 2.45) is 5.41 Å². The molecule has 3 heteroatoms. The van der Waals surface area contributed by atoms with Gasteiger partial charge >= 0.3 is 0 Å². The third kappa shape index (κ3) is 1.22. The van der Waals surface area contributed by atoms with E-state index >= 15 is 0 Å². The molecule has 2 aliphatic heterocycles. The van der Waals surface area contributed by atoms with E-state index in [1.54, 1.807) is 0 Å². The SMILES string of the molecule is CC(C)P1C2(C)CCCC23CC2(CC13C)OCCO2. The molecule has 4 fully saturated rings. The largest absolute Gasteiger partial charge is 0.347 e. The van der Waals surface area contributed by atoms with Crippen LogP contribution in [0.1, 0.15) is 59.8 Å². The molecule has 108 valence electrons. The molecule has 2 saturated heterocycles. The van der Waals surface area contributed by atoms with Crippen LogP contribution < -0.4 is 0 Å². The van der Waals surface area contributed by atoms with Crippen LogP contribution in [0.4, 0.5) is 0 Å². The maximum absolute atomic E-state index is 6.11. The maximum atomic E-state index is 6.11. The molecule has 0 aromatic heterocycles. The molecule has 0 aromatic carbocycles. The van der Waals surface area contributed by atoms with Gasteiger partial charge in [-0.2, -0.15) is 0 Å². The van der Waals surface area contributed by atoms with E-state index in [0.29, 0.717) is 15.7 Å². The third-order valence-corrected chi connectivity index (χ3v) is 11.3. The van der Waals surface area contributed by atoms with E-state index < -0.39 is 0 Å². The van der Waals surface area contributed by atoms with Crippen LogP contribution in [-0.2, 0) is 9.47 Å². The zero-order valence-corrected chi connectivity index (χ0v) is 13.7. The Morgan fingerprint density at radius 3 is 2.26 bits per heavy atom. The van der Waals surface area contributed by atoms with Gasteiger partial charge in [0.25, 0.3) is 0 Å². The van der Waals surface area contributed by atoms with Gasteiger partial charge in [-0.15, -0.1) is 0 Å². The van der Waals surface area contributed by atoms with E-state index in [0.717, 1.165) is 18.9 Å².